The van der Waals surface area contributed by atoms with Gasteiger partial charge in [-0.15, -0.1) is 0 Å². The van der Waals surface area contributed by atoms with Gasteiger partial charge in [0.1, 0.15) is 5.75 Å². The van der Waals surface area contributed by atoms with Crippen molar-refractivity contribution in [3.63, 3.8) is 0 Å². The molecule has 0 unspecified atom stereocenters. The van der Waals surface area contributed by atoms with Gasteiger partial charge in [0, 0.05) is 30.8 Å². The largest absolute Gasteiger partial charge is 0.508 e. The minimum atomic E-state index is 0.220. The summed E-state index contributed by atoms with van der Waals surface area (Å²) in [5, 5.41) is 13.6. The summed E-state index contributed by atoms with van der Waals surface area (Å²) in [6.07, 6.45) is 0. The monoisotopic (exact) mass is 291 g/mol. The van der Waals surface area contributed by atoms with Crippen LogP contribution in [0.4, 0.5) is 0 Å². The molecule has 0 aromatic heterocycles. The Balaban J connectivity index is 1.94. The van der Waals surface area contributed by atoms with Gasteiger partial charge in [-0.3, -0.25) is 0 Å². The molecule has 0 amide bonds. The number of aromatic hydroxyl groups is 1. The number of methoxy groups -OCH3 is 1. The SMILES string of the molecule is COCc1cccc(CNCc2c(O)cccc2Cl)c1. The Bertz CT molecular complexity index is 552. The maximum atomic E-state index is 9.76. The van der Waals surface area contributed by atoms with Crippen LogP contribution >= 0.6 is 11.6 Å². The predicted octanol–water partition coefficient (Wildman–Crippen LogP) is 3.48. The van der Waals surface area contributed by atoms with E-state index in [1.165, 1.54) is 5.56 Å². The molecular weight excluding hydrogens is 274 g/mol. The molecule has 0 atom stereocenters. The van der Waals surface area contributed by atoms with Crippen molar-refractivity contribution in [1.29, 1.82) is 0 Å². The molecule has 0 heterocycles. The summed E-state index contributed by atoms with van der Waals surface area (Å²) in [6, 6.07) is 13.3. The minimum absolute atomic E-state index is 0.220. The van der Waals surface area contributed by atoms with Gasteiger partial charge in [-0.05, 0) is 23.3 Å². The Morgan fingerprint density at radius 3 is 2.60 bits per heavy atom. The summed E-state index contributed by atoms with van der Waals surface area (Å²) in [6.45, 7) is 1.85. The molecule has 0 radical (unpaired) electrons. The molecule has 0 spiro atoms. The van der Waals surface area contributed by atoms with Gasteiger partial charge >= 0.3 is 0 Å². The van der Waals surface area contributed by atoms with Crippen molar-refractivity contribution in [2.24, 2.45) is 0 Å². The van der Waals surface area contributed by atoms with E-state index in [1.54, 1.807) is 25.3 Å². The average molecular weight is 292 g/mol. The number of hydrogen-bond acceptors (Lipinski definition) is 3. The Labute approximate surface area is 124 Å². The highest BCUT2D eigenvalue weighted by molar-refractivity contribution is 6.31. The van der Waals surface area contributed by atoms with Crippen LogP contribution in [0.15, 0.2) is 42.5 Å². The van der Waals surface area contributed by atoms with Gasteiger partial charge in [0.25, 0.3) is 0 Å². The Morgan fingerprint density at radius 1 is 1.10 bits per heavy atom. The highest BCUT2D eigenvalue weighted by Gasteiger charge is 2.05. The van der Waals surface area contributed by atoms with Crippen molar-refractivity contribution in [3.05, 3.63) is 64.2 Å². The van der Waals surface area contributed by atoms with Gasteiger partial charge in [-0.1, -0.05) is 41.9 Å². The van der Waals surface area contributed by atoms with Gasteiger partial charge in [0.05, 0.1) is 6.61 Å². The number of ether oxygens (including phenoxy) is 1. The van der Waals surface area contributed by atoms with E-state index in [0.717, 1.165) is 11.1 Å². The number of nitrogens with one attached hydrogen (secondary N) is 1. The molecule has 2 rings (SSSR count). The molecule has 0 saturated carbocycles. The van der Waals surface area contributed by atoms with E-state index in [9.17, 15) is 5.11 Å². The molecule has 2 aromatic carbocycles. The summed E-state index contributed by atoms with van der Waals surface area (Å²) in [4.78, 5) is 0. The Hall–Kier alpha value is -1.55. The lowest BCUT2D eigenvalue weighted by Gasteiger charge is -2.09. The van der Waals surface area contributed by atoms with Crippen molar-refractivity contribution in [3.8, 4) is 5.75 Å². The normalized spacial score (nSPS) is 10.7. The maximum absolute atomic E-state index is 9.76. The van der Waals surface area contributed by atoms with Crippen LogP contribution in [-0.2, 0) is 24.4 Å². The standard InChI is InChI=1S/C16H18ClNO2/c1-20-11-13-5-2-4-12(8-13)9-18-10-14-15(17)6-3-7-16(14)19/h2-8,18-19H,9-11H2,1H3. The molecular formula is C16H18ClNO2. The molecule has 2 N–H and O–H groups in total. The summed E-state index contributed by atoms with van der Waals surface area (Å²) < 4.78 is 5.12. The van der Waals surface area contributed by atoms with Crippen molar-refractivity contribution in [2.75, 3.05) is 7.11 Å². The summed E-state index contributed by atoms with van der Waals surface area (Å²) in [5.74, 6) is 0.220. The van der Waals surface area contributed by atoms with Crippen LogP contribution in [0.1, 0.15) is 16.7 Å². The van der Waals surface area contributed by atoms with Gasteiger partial charge in [-0.2, -0.15) is 0 Å². The van der Waals surface area contributed by atoms with E-state index >= 15 is 0 Å². The fourth-order valence-electron chi connectivity index (χ4n) is 2.05. The molecule has 2 aromatic rings. The van der Waals surface area contributed by atoms with E-state index in [1.807, 2.05) is 12.1 Å². The van der Waals surface area contributed by atoms with E-state index < -0.39 is 0 Å². The van der Waals surface area contributed by atoms with E-state index in [4.69, 9.17) is 16.3 Å². The van der Waals surface area contributed by atoms with Crippen LogP contribution in [0.3, 0.4) is 0 Å². The molecule has 0 saturated heterocycles. The van der Waals surface area contributed by atoms with Crippen LogP contribution < -0.4 is 5.32 Å². The molecule has 0 bridgehead atoms. The predicted molar refractivity (Wildman–Crippen MR) is 80.8 cm³/mol. The second kappa shape index (κ2) is 7.29. The first kappa shape index (κ1) is 14.9. The van der Waals surface area contributed by atoms with Crippen LogP contribution in [0.25, 0.3) is 0 Å². The quantitative estimate of drug-likeness (QED) is 0.856. The number of halogens is 1. The third-order valence-electron chi connectivity index (χ3n) is 3.03. The van der Waals surface area contributed by atoms with Crippen LogP contribution in [0, 0.1) is 0 Å². The third-order valence-corrected chi connectivity index (χ3v) is 3.38. The second-order valence-electron chi connectivity index (χ2n) is 4.59. The van der Waals surface area contributed by atoms with Gasteiger partial charge in [0.15, 0.2) is 0 Å². The fourth-order valence-corrected chi connectivity index (χ4v) is 2.29. The van der Waals surface area contributed by atoms with Gasteiger partial charge in [-0.25, -0.2) is 0 Å². The van der Waals surface area contributed by atoms with Crippen molar-refractivity contribution in [2.45, 2.75) is 19.7 Å². The van der Waals surface area contributed by atoms with Crippen LogP contribution in [0.2, 0.25) is 5.02 Å². The van der Waals surface area contributed by atoms with Gasteiger partial charge in [0.2, 0.25) is 0 Å². The first-order valence-electron chi connectivity index (χ1n) is 6.44. The molecule has 20 heavy (non-hydrogen) atoms. The van der Waals surface area contributed by atoms with Crippen molar-refractivity contribution in [1.82, 2.24) is 5.32 Å². The summed E-state index contributed by atoms with van der Waals surface area (Å²) in [7, 11) is 1.69. The number of hydrogen-bond donors (Lipinski definition) is 2. The molecule has 0 aliphatic carbocycles. The maximum Gasteiger partial charge on any atom is 0.121 e. The number of benzene rings is 2. The smallest absolute Gasteiger partial charge is 0.121 e. The first-order valence-corrected chi connectivity index (χ1v) is 6.82. The molecule has 3 nitrogen and oxygen atoms in total. The number of phenolic OH excluding ortho intramolecular Hbond substituents is 1. The molecule has 0 aliphatic heterocycles. The highest BCUT2D eigenvalue weighted by Crippen LogP contribution is 2.24. The average Bonchev–Trinajstić information content (AvgIpc) is 2.43. The first-order chi connectivity index (χ1) is 9.70. The summed E-state index contributed by atoms with van der Waals surface area (Å²) in [5.41, 5.74) is 3.04. The molecule has 106 valence electrons. The van der Waals surface area contributed by atoms with E-state index in [0.29, 0.717) is 24.7 Å². The highest BCUT2D eigenvalue weighted by atomic mass is 35.5. The zero-order chi connectivity index (χ0) is 14.4. The molecule has 0 fully saturated rings. The van der Waals surface area contributed by atoms with Crippen molar-refractivity contribution >= 4 is 11.6 Å². The topological polar surface area (TPSA) is 41.5 Å². The zero-order valence-electron chi connectivity index (χ0n) is 11.4. The third kappa shape index (κ3) is 3.97. The van der Waals surface area contributed by atoms with E-state index in [2.05, 4.69) is 17.4 Å². The Morgan fingerprint density at radius 2 is 1.85 bits per heavy atom. The lowest BCUT2D eigenvalue weighted by molar-refractivity contribution is 0.185. The number of rotatable bonds is 6. The fraction of sp³-hybridized carbons (Fsp3) is 0.250. The Kier molecular flexibility index (Phi) is 5.41. The summed E-state index contributed by atoms with van der Waals surface area (Å²) >= 11 is 6.06. The lowest BCUT2D eigenvalue weighted by atomic mass is 10.1. The van der Waals surface area contributed by atoms with Crippen molar-refractivity contribution < 1.29 is 9.84 Å². The van der Waals surface area contributed by atoms with Crippen LogP contribution in [-0.4, -0.2) is 12.2 Å². The van der Waals surface area contributed by atoms with E-state index in [-0.39, 0.29) is 5.75 Å². The molecule has 4 heteroatoms. The number of phenols is 1. The van der Waals surface area contributed by atoms with Gasteiger partial charge < -0.3 is 15.2 Å². The second-order valence-corrected chi connectivity index (χ2v) is 5.00. The minimum Gasteiger partial charge on any atom is -0.508 e. The lowest BCUT2D eigenvalue weighted by Crippen LogP contribution is -2.13. The zero-order valence-corrected chi connectivity index (χ0v) is 12.2. The van der Waals surface area contributed by atoms with Crippen LogP contribution in [0.5, 0.6) is 5.75 Å². The molecule has 0 aliphatic rings.